The van der Waals surface area contributed by atoms with Crippen LogP contribution in [-0.4, -0.2) is 45.7 Å². The topological polar surface area (TPSA) is 84.6 Å². The largest absolute Gasteiger partial charge is 0.497 e. The van der Waals surface area contributed by atoms with E-state index in [1.165, 1.54) is 6.33 Å². The first-order valence-electron chi connectivity index (χ1n) is 9.01. The van der Waals surface area contributed by atoms with E-state index in [0.29, 0.717) is 5.78 Å². The van der Waals surface area contributed by atoms with Gasteiger partial charge in [-0.2, -0.15) is 14.6 Å². The molecule has 1 aliphatic heterocycles. The van der Waals surface area contributed by atoms with E-state index in [1.807, 2.05) is 37.3 Å². The molecule has 0 bridgehead atoms. The van der Waals surface area contributed by atoms with E-state index in [-0.39, 0.29) is 11.8 Å². The number of methoxy groups -OCH3 is 1. The first-order chi connectivity index (χ1) is 13.1. The van der Waals surface area contributed by atoms with E-state index in [0.717, 1.165) is 48.9 Å². The molecular formula is C19H22N6O2. The van der Waals surface area contributed by atoms with Crippen LogP contribution in [0.1, 0.15) is 18.5 Å². The van der Waals surface area contributed by atoms with Gasteiger partial charge in [-0.05, 0) is 44.0 Å². The lowest BCUT2D eigenvalue weighted by Gasteiger charge is -2.32. The minimum Gasteiger partial charge on any atom is -0.497 e. The van der Waals surface area contributed by atoms with Gasteiger partial charge in [-0.15, -0.1) is 0 Å². The number of aryl methyl sites for hydroxylation is 1. The Morgan fingerprint density at radius 2 is 1.96 bits per heavy atom. The fourth-order valence-corrected chi connectivity index (χ4v) is 3.43. The quantitative estimate of drug-likeness (QED) is 0.763. The van der Waals surface area contributed by atoms with E-state index in [2.05, 4.69) is 25.3 Å². The molecule has 0 spiro atoms. The van der Waals surface area contributed by atoms with Crippen LogP contribution in [0.2, 0.25) is 0 Å². The van der Waals surface area contributed by atoms with Crippen LogP contribution < -0.4 is 15.0 Å². The summed E-state index contributed by atoms with van der Waals surface area (Å²) in [5, 5.41) is 7.27. The summed E-state index contributed by atoms with van der Waals surface area (Å²) in [6.07, 6.45) is 3.10. The smallest absolute Gasteiger partial charge is 0.254 e. The minimum atomic E-state index is -0.00229. The van der Waals surface area contributed by atoms with Crippen molar-refractivity contribution in [3.63, 3.8) is 0 Å². The van der Waals surface area contributed by atoms with Crippen molar-refractivity contribution < 1.29 is 9.53 Å². The van der Waals surface area contributed by atoms with Gasteiger partial charge in [-0.1, -0.05) is 0 Å². The van der Waals surface area contributed by atoms with Crippen molar-refractivity contribution in [3.05, 3.63) is 42.4 Å². The molecule has 1 aromatic carbocycles. The first kappa shape index (κ1) is 17.3. The summed E-state index contributed by atoms with van der Waals surface area (Å²) in [6, 6.07) is 9.40. The van der Waals surface area contributed by atoms with E-state index < -0.39 is 0 Å². The van der Waals surface area contributed by atoms with E-state index in [4.69, 9.17) is 4.74 Å². The second-order valence-corrected chi connectivity index (χ2v) is 6.71. The molecule has 27 heavy (non-hydrogen) atoms. The lowest BCUT2D eigenvalue weighted by molar-refractivity contribution is -0.120. The average Bonchev–Trinajstić information content (AvgIpc) is 3.16. The van der Waals surface area contributed by atoms with Crippen molar-refractivity contribution in [2.75, 3.05) is 30.4 Å². The molecule has 4 rings (SSSR count). The number of carbonyl (C=O) groups is 1. The highest BCUT2D eigenvalue weighted by molar-refractivity contribution is 5.92. The maximum atomic E-state index is 12.6. The van der Waals surface area contributed by atoms with E-state index >= 15 is 0 Å². The number of nitrogens with one attached hydrogen (secondary N) is 1. The Morgan fingerprint density at radius 1 is 1.22 bits per heavy atom. The molecule has 3 heterocycles. The molecule has 0 aliphatic carbocycles. The van der Waals surface area contributed by atoms with Crippen LogP contribution in [0.25, 0.3) is 5.78 Å². The van der Waals surface area contributed by atoms with Crippen LogP contribution >= 0.6 is 0 Å². The number of amides is 1. The minimum absolute atomic E-state index is 0.00229. The van der Waals surface area contributed by atoms with Gasteiger partial charge in [-0.3, -0.25) is 4.79 Å². The van der Waals surface area contributed by atoms with Crippen molar-refractivity contribution in [2.45, 2.75) is 19.8 Å². The molecule has 8 heteroatoms. The van der Waals surface area contributed by atoms with Gasteiger partial charge in [0.15, 0.2) is 0 Å². The Balaban J connectivity index is 1.40. The maximum absolute atomic E-state index is 12.6. The summed E-state index contributed by atoms with van der Waals surface area (Å²) >= 11 is 0. The third-order valence-electron chi connectivity index (χ3n) is 4.91. The summed E-state index contributed by atoms with van der Waals surface area (Å²) in [5.74, 6) is 2.41. The number of nitrogens with zero attached hydrogens (tertiary/aromatic N) is 5. The summed E-state index contributed by atoms with van der Waals surface area (Å²) in [5.41, 5.74) is 1.70. The molecule has 2 aromatic heterocycles. The van der Waals surface area contributed by atoms with Gasteiger partial charge < -0.3 is 15.0 Å². The molecule has 1 amide bonds. The second-order valence-electron chi connectivity index (χ2n) is 6.71. The molecular weight excluding hydrogens is 344 g/mol. The van der Waals surface area contributed by atoms with Gasteiger partial charge in [0.05, 0.1) is 7.11 Å². The molecule has 0 radical (unpaired) electrons. The van der Waals surface area contributed by atoms with E-state index in [9.17, 15) is 4.79 Å². The summed E-state index contributed by atoms with van der Waals surface area (Å²) in [7, 11) is 1.62. The lowest BCUT2D eigenvalue weighted by atomic mass is 9.95. The highest BCUT2D eigenvalue weighted by Crippen LogP contribution is 2.25. The van der Waals surface area contributed by atoms with Gasteiger partial charge in [0.25, 0.3) is 5.78 Å². The number of piperidine rings is 1. The number of anilines is 2. The molecule has 1 N–H and O–H groups in total. The normalized spacial score (nSPS) is 15.1. The van der Waals surface area contributed by atoms with Crippen LogP contribution in [0.5, 0.6) is 5.75 Å². The predicted octanol–water partition coefficient (Wildman–Crippen LogP) is 2.30. The highest BCUT2D eigenvalue weighted by atomic mass is 16.5. The number of fused-ring (bicyclic) bond motifs is 1. The van der Waals surface area contributed by atoms with Crippen LogP contribution in [0, 0.1) is 12.8 Å². The van der Waals surface area contributed by atoms with Crippen LogP contribution in [-0.2, 0) is 4.79 Å². The first-order valence-corrected chi connectivity index (χ1v) is 9.01. The highest BCUT2D eigenvalue weighted by Gasteiger charge is 2.26. The number of benzene rings is 1. The summed E-state index contributed by atoms with van der Waals surface area (Å²) in [4.78, 5) is 23.4. The fourth-order valence-electron chi connectivity index (χ4n) is 3.43. The van der Waals surface area contributed by atoms with Crippen molar-refractivity contribution in [2.24, 2.45) is 5.92 Å². The zero-order valence-corrected chi connectivity index (χ0v) is 15.4. The Hall–Kier alpha value is -3.16. The number of rotatable bonds is 4. The van der Waals surface area contributed by atoms with Crippen LogP contribution in [0.3, 0.4) is 0 Å². The number of hydrogen-bond donors (Lipinski definition) is 1. The third-order valence-corrected chi connectivity index (χ3v) is 4.91. The Morgan fingerprint density at radius 3 is 2.67 bits per heavy atom. The predicted molar refractivity (Wildman–Crippen MR) is 102 cm³/mol. The maximum Gasteiger partial charge on any atom is 0.254 e. The van der Waals surface area contributed by atoms with Crippen molar-refractivity contribution >= 4 is 23.2 Å². The Labute approximate surface area is 157 Å². The lowest BCUT2D eigenvalue weighted by Crippen LogP contribution is -2.39. The van der Waals surface area contributed by atoms with Crippen molar-refractivity contribution in [1.82, 2.24) is 19.6 Å². The zero-order valence-electron chi connectivity index (χ0n) is 15.4. The molecule has 3 aromatic rings. The molecule has 0 unspecified atom stereocenters. The monoisotopic (exact) mass is 366 g/mol. The molecule has 1 aliphatic rings. The number of carbonyl (C=O) groups excluding carboxylic acids is 1. The van der Waals surface area contributed by atoms with Gasteiger partial charge in [0, 0.05) is 36.5 Å². The van der Waals surface area contributed by atoms with E-state index in [1.54, 1.807) is 11.6 Å². The van der Waals surface area contributed by atoms with Gasteiger partial charge in [0.2, 0.25) is 5.91 Å². The SMILES string of the molecule is COc1ccc(NC(=O)C2CCN(c3cc(C)nc4ncnn34)CC2)cc1. The standard InChI is InChI=1S/C19H22N6O2/c1-13-11-17(25-19(22-13)20-12-21-25)24-9-7-14(8-10-24)18(26)23-15-3-5-16(27-2)6-4-15/h3-6,11-12,14H,7-10H2,1-2H3,(H,23,26). The average molecular weight is 366 g/mol. The molecule has 8 nitrogen and oxygen atoms in total. The van der Waals surface area contributed by atoms with Gasteiger partial charge >= 0.3 is 0 Å². The van der Waals surface area contributed by atoms with Gasteiger partial charge in [0.1, 0.15) is 17.9 Å². The summed E-state index contributed by atoms with van der Waals surface area (Å²) in [6.45, 7) is 3.53. The van der Waals surface area contributed by atoms with Crippen LogP contribution in [0.4, 0.5) is 11.5 Å². The van der Waals surface area contributed by atoms with Crippen molar-refractivity contribution in [3.8, 4) is 5.75 Å². The summed E-state index contributed by atoms with van der Waals surface area (Å²) < 4.78 is 6.90. The van der Waals surface area contributed by atoms with Crippen molar-refractivity contribution in [1.29, 1.82) is 0 Å². The molecule has 140 valence electrons. The number of hydrogen-bond acceptors (Lipinski definition) is 6. The molecule has 1 fully saturated rings. The fraction of sp³-hybridized carbons (Fsp3) is 0.368. The number of aromatic nitrogens is 4. The Bertz CT molecular complexity index is 944. The molecule has 0 saturated carbocycles. The second kappa shape index (κ2) is 7.22. The molecule has 1 saturated heterocycles. The third kappa shape index (κ3) is 3.55. The number of ether oxygens (including phenoxy) is 1. The Kier molecular flexibility index (Phi) is 4.62. The van der Waals surface area contributed by atoms with Gasteiger partial charge in [-0.25, -0.2) is 4.98 Å². The zero-order chi connectivity index (χ0) is 18.8. The molecule has 0 atom stereocenters. The van der Waals surface area contributed by atoms with Crippen LogP contribution in [0.15, 0.2) is 36.7 Å².